The van der Waals surface area contributed by atoms with Gasteiger partial charge in [0.05, 0.1) is 5.41 Å². The second-order valence-electron chi connectivity index (χ2n) is 4.93. The summed E-state index contributed by atoms with van der Waals surface area (Å²) in [5, 5.41) is 9.16. The molecule has 76 valence electrons. The normalized spacial score (nSPS) is 21.5. The van der Waals surface area contributed by atoms with E-state index in [0.29, 0.717) is 11.8 Å². The number of hydrogen-bond donors (Lipinski definition) is 1. The Morgan fingerprint density at radius 2 is 2.08 bits per heavy atom. The number of aliphatic carboxylic acids is 1. The molecule has 1 fully saturated rings. The van der Waals surface area contributed by atoms with Gasteiger partial charge < -0.3 is 5.11 Å². The van der Waals surface area contributed by atoms with Crippen LogP contribution in [0.15, 0.2) is 0 Å². The molecule has 0 aromatic heterocycles. The molecule has 1 atom stereocenters. The minimum absolute atomic E-state index is 0.440. The van der Waals surface area contributed by atoms with Gasteiger partial charge in [-0.2, -0.15) is 0 Å². The minimum atomic E-state index is -0.601. The molecule has 2 heteroatoms. The van der Waals surface area contributed by atoms with E-state index in [2.05, 4.69) is 13.8 Å². The number of carboxylic acids is 1. The van der Waals surface area contributed by atoms with E-state index in [1.807, 2.05) is 6.92 Å². The summed E-state index contributed by atoms with van der Waals surface area (Å²) < 4.78 is 0. The standard InChI is InChI=1S/C11H20O2/c1-8(2)6-7-11(3,10(12)13)9-4-5-9/h8-9H,4-7H2,1-3H3,(H,12,13). The van der Waals surface area contributed by atoms with Gasteiger partial charge in [0.25, 0.3) is 0 Å². The Balaban J connectivity index is 2.51. The van der Waals surface area contributed by atoms with Crippen LogP contribution in [0.3, 0.4) is 0 Å². The Morgan fingerprint density at radius 1 is 1.54 bits per heavy atom. The molecule has 1 N–H and O–H groups in total. The van der Waals surface area contributed by atoms with Crippen LogP contribution in [-0.2, 0) is 4.79 Å². The molecule has 1 rings (SSSR count). The van der Waals surface area contributed by atoms with Crippen LogP contribution in [0.25, 0.3) is 0 Å². The van der Waals surface area contributed by atoms with Crippen molar-refractivity contribution in [3.63, 3.8) is 0 Å². The highest BCUT2D eigenvalue weighted by Crippen LogP contribution is 2.48. The Kier molecular flexibility index (Phi) is 2.99. The van der Waals surface area contributed by atoms with Gasteiger partial charge in [-0.3, -0.25) is 4.79 Å². The lowest BCUT2D eigenvalue weighted by Crippen LogP contribution is -2.30. The lowest BCUT2D eigenvalue weighted by molar-refractivity contribution is -0.149. The molecule has 0 bridgehead atoms. The summed E-state index contributed by atoms with van der Waals surface area (Å²) in [5.74, 6) is 0.455. The zero-order valence-electron chi connectivity index (χ0n) is 8.84. The van der Waals surface area contributed by atoms with E-state index in [1.165, 1.54) is 0 Å². The van der Waals surface area contributed by atoms with E-state index >= 15 is 0 Å². The molecule has 1 aliphatic rings. The first-order valence-electron chi connectivity index (χ1n) is 5.20. The highest BCUT2D eigenvalue weighted by Gasteiger charge is 2.46. The summed E-state index contributed by atoms with van der Waals surface area (Å²) in [6.45, 7) is 6.21. The number of hydrogen-bond acceptors (Lipinski definition) is 1. The average molecular weight is 184 g/mol. The van der Waals surface area contributed by atoms with Crippen molar-refractivity contribution in [2.24, 2.45) is 17.3 Å². The molecule has 0 spiro atoms. The Bertz CT molecular complexity index is 194. The van der Waals surface area contributed by atoms with Crippen LogP contribution in [0.2, 0.25) is 0 Å². The summed E-state index contributed by atoms with van der Waals surface area (Å²) in [7, 11) is 0. The summed E-state index contributed by atoms with van der Waals surface area (Å²) >= 11 is 0. The molecule has 13 heavy (non-hydrogen) atoms. The minimum Gasteiger partial charge on any atom is -0.481 e. The quantitative estimate of drug-likeness (QED) is 0.713. The van der Waals surface area contributed by atoms with Gasteiger partial charge in [0, 0.05) is 0 Å². The summed E-state index contributed by atoms with van der Waals surface area (Å²) in [4.78, 5) is 11.1. The van der Waals surface area contributed by atoms with E-state index in [4.69, 9.17) is 5.11 Å². The highest BCUT2D eigenvalue weighted by molar-refractivity contribution is 5.75. The third kappa shape index (κ3) is 2.45. The van der Waals surface area contributed by atoms with Crippen molar-refractivity contribution in [2.75, 3.05) is 0 Å². The average Bonchev–Trinajstić information content (AvgIpc) is 2.81. The molecule has 0 amide bonds. The second-order valence-corrected chi connectivity index (χ2v) is 4.93. The zero-order chi connectivity index (χ0) is 10.1. The predicted molar refractivity (Wildman–Crippen MR) is 52.5 cm³/mol. The molecular weight excluding hydrogens is 164 g/mol. The summed E-state index contributed by atoms with van der Waals surface area (Å²) in [5.41, 5.74) is -0.440. The molecule has 2 nitrogen and oxygen atoms in total. The van der Waals surface area contributed by atoms with Gasteiger partial charge in [-0.1, -0.05) is 13.8 Å². The second kappa shape index (κ2) is 3.69. The van der Waals surface area contributed by atoms with Crippen LogP contribution in [0.1, 0.15) is 46.5 Å². The van der Waals surface area contributed by atoms with Crippen LogP contribution in [0.4, 0.5) is 0 Å². The third-order valence-corrected chi connectivity index (χ3v) is 3.21. The SMILES string of the molecule is CC(C)CCC(C)(C(=O)O)C1CC1. The van der Waals surface area contributed by atoms with Crippen molar-refractivity contribution in [1.29, 1.82) is 0 Å². The molecular formula is C11H20O2. The van der Waals surface area contributed by atoms with Crippen molar-refractivity contribution in [3.05, 3.63) is 0 Å². The fourth-order valence-electron chi connectivity index (χ4n) is 1.79. The van der Waals surface area contributed by atoms with E-state index < -0.39 is 11.4 Å². The highest BCUT2D eigenvalue weighted by atomic mass is 16.4. The monoisotopic (exact) mass is 184 g/mol. The van der Waals surface area contributed by atoms with Crippen LogP contribution in [0.5, 0.6) is 0 Å². The van der Waals surface area contributed by atoms with Gasteiger partial charge >= 0.3 is 5.97 Å². The largest absolute Gasteiger partial charge is 0.481 e. The molecule has 0 radical (unpaired) electrons. The first-order valence-corrected chi connectivity index (χ1v) is 5.20. The third-order valence-electron chi connectivity index (χ3n) is 3.21. The van der Waals surface area contributed by atoms with Gasteiger partial charge in [-0.25, -0.2) is 0 Å². The number of carbonyl (C=O) groups is 1. The predicted octanol–water partition coefficient (Wildman–Crippen LogP) is 2.92. The van der Waals surface area contributed by atoms with Gasteiger partial charge in [0.15, 0.2) is 0 Å². The molecule has 0 aliphatic heterocycles. The molecule has 1 aliphatic carbocycles. The lowest BCUT2D eigenvalue weighted by atomic mass is 9.79. The Morgan fingerprint density at radius 3 is 2.38 bits per heavy atom. The van der Waals surface area contributed by atoms with Crippen LogP contribution in [-0.4, -0.2) is 11.1 Å². The first kappa shape index (κ1) is 10.6. The van der Waals surface area contributed by atoms with Crippen molar-refractivity contribution in [2.45, 2.75) is 46.5 Å². The summed E-state index contributed by atoms with van der Waals surface area (Å²) in [6.07, 6.45) is 4.09. The Labute approximate surface area is 80.3 Å². The van der Waals surface area contributed by atoms with E-state index in [9.17, 15) is 4.79 Å². The van der Waals surface area contributed by atoms with Crippen LogP contribution >= 0.6 is 0 Å². The van der Waals surface area contributed by atoms with Crippen molar-refractivity contribution >= 4 is 5.97 Å². The molecule has 1 saturated carbocycles. The molecule has 0 aromatic carbocycles. The number of rotatable bonds is 5. The smallest absolute Gasteiger partial charge is 0.309 e. The number of carboxylic acid groups (broad SMARTS) is 1. The van der Waals surface area contributed by atoms with Crippen LogP contribution < -0.4 is 0 Å². The van der Waals surface area contributed by atoms with Gasteiger partial charge in [-0.15, -0.1) is 0 Å². The van der Waals surface area contributed by atoms with E-state index in [1.54, 1.807) is 0 Å². The van der Waals surface area contributed by atoms with Gasteiger partial charge in [0.1, 0.15) is 0 Å². The van der Waals surface area contributed by atoms with Gasteiger partial charge in [-0.05, 0) is 44.4 Å². The van der Waals surface area contributed by atoms with E-state index in [-0.39, 0.29) is 0 Å². The molecule has 1 unspecified atom stereocenters. The van der Waals surface area contributed by atoms with Crippen molar-refractivity contribution < 1.29 is 9.90 Å². The molecule has 0 saturated heterocycles. The van der Waals surface area contributed by atoms with Crippen molar-refractivity contribution in [1.82, 2.24) is 0 Å². The first-order chi connectivity index (χ1) is 5.97. The molecule has 0 heterocycles. The topological polar surface area (TPSA) is 37.3 Å². The summed E-state index contributed by atoms with van der Waals surface area (Å²) in [6, 6.07) is 0. The van der Waals surface area contributed by atoms with Crippen LogP contribution in [0, 0.1) is 17.3 Å². The molecule has 0 aromatic rings. The maximum Gasteiger partial charge on any atom is 0.309 e. The fourth-order valence-corrected chi connectivity index (χ4v) is 1.79. The maximum absolute atomic E-state index is 11.1. The fraction of sp³-hybridized carbons (Fsp3) is 0.909. The Hall–Kier alpha value is -0.530. The zero-order valence-corrected chi connectivity index (χ0v) is 8.84. The maximum atomic E-state index is 11.1. The van der Waals surface area contributed by atoms with Gasteiger partial charge in [0.2, 0.25) is 0 Å². The lowest BCUT2D eigenvalue weighted by Gasteiger charge is -2.25. The van der Waals surface area contributed by atoms with Crippen molar-refractivity contribution in [3.8, 4) is 0 Å². The van der Waals surface area contributed by atoms with E-state index in [0.717, 1.165) is 25.7 Å².